The normalized spacial score (nSPS) is 11.0. The summed E-state index contributed by atoms with van der Waals surface area (Å²) in [5, 5.41) is 0.0299. The molecule has 2 rings (SSSR count). The molecule has 5 nitrogen and oxygen atoms in total. The molecule has 0 atom stereocenters. The zero-order valence-electron chi connectivity index (χ0n) is 12.1. The predicted molar refractivity (Wildman–Crippen MR) is 81.7 cm³/mol. The molecule has 6 heteroatoms. The highest BCUT2D eigenvalue weighted by Crippen LogP contribution is 2.25. The number of rotatable bonds is 2. The van der Waals surface area contributed by atoms with Crippen molar-refractivity contribution >= 4 is 23.4 Å². The maximum Gasteiger partial charge on any atom is 0.421 e. The molecule has 0 unspecified atom stereocenters. The Kier molecular flexibility index (Phi) is 4.43. The second-order valence-electron chi connectivity index (χ2n) is 5.37. The Labute approximate surface area is 128 Å². The lowest BCUT2D eigenvalue weighted by atomic mass is 10.1. The van der Waals surface area contributed by atoms with E-state index in [9.17, 15) is 4.79 Å². The average molecular weight is 306 g/mol. The van der Waals surface area contributed by atoms with Crippen LogP contribution in [0.4, 0.5) is 10.5 Å². The first-order valence-electron chi connectivity index (χ1n) is 6.43. The molecular weight excluding hydrogens is 290 g/mol. The van der Waals surface area contributed by atoms with Crippen molar-refractivity contribution in [2.24, 2.45) is 0 Å². The van der Waals surface area contributed by atoms with Gasteiger partial charge in [-0.3, -0.25) is 4.90 Å². The fourth-order valence-corrected chi connectivity index (χ4v) is 1.99. The first-order chi connectivity index (χ1) is 9.88. The van der Waals surface area contributed by atoms with E-state index in [4.69, 9.17) is 16.3 Å². The molecule has 0 aliphatic rings. The Morgan fingerprint density at radius 2 is 1.86 bits per heavy atom. The molecule has 2 aromatic rings. The number of hydrogen-bond acceptors (Lipinski definition) is 4. The Bertz CT molecular complexity index is 626. The van der Waals surface area contributed by atoms with Gasteiger partial charge in [0.25, 0.3) is 0 Å². The van der Waals surface area contributed by atoms with Crippen LogP contribution >= 0.6 is 11.6 Å². The van der Waals surface area contributed by atoms with Gasteiger partial charge in [-0.05, 0) is 44.5 Å². The van der Waals surface area contributed by atoms with Gasteiger partial charge in [-0.15, -0.1) is 0 Å². The molecule has 1 aromatic carbocycles. The third kappa shape index (κ3) is 3.92. The third-order valence-electron chi connectivity index (χ3n) is 2.66. The van der Waals surface area contributed by atoms with E-state index < -0.39 is 11.6 Å². The second kappa shape index (κ2) is 6.10. The molecule has 1 heterocycles. The number of halogens is 1. The van der Waals surface area contributed by atoms with Gasteiger partial charge in [0.15, 0.2) is 0 Å². The van der Waals surface area contributed by atoms with Crippen molar-refractivity contribution in [1.82, 2.24) is 9.97 Å². The molecule has 21 heavy (non-hydrogen) atoms. The van der Waals surface area contributed by atoms with Crippen LogP contribution in [0.25, 0.3) is 0 Å². The van der Waals surface area contributed by atoms with Crippen molar-refractivity contribution in [3.8, 4) is 5.88 Å². The highest BCUT2D eigenvalue weighted by atomic mass is 35.5. The van der Waals surface area contributed by atoms with Gasteiger partial charge in [-0.1, -0.05) is 18.2 Å². The lowest BCUT2D eigenvalue weighted by Crippen LogP contribution is -2.47. The summed E-state index contributed by atoms with van der Waals surface area (Å²) in [7, 11) is 0. The smallest absolute Gasteiger partial charge is 0.391 e. The SMILES string of the molecule is CC(C)(C)N(C(=O)Oc1ccnc(Cl)n1)c1ccccc1. The number of benzene rings is 1. The molecule has 0 fully saturated rings. The topological polar surface area (TPSA) is 55.3 Å². The molecule has 1 aromatic heterocycles. The molecule has 0 saturated heterocycles. The number of amides is 1. The van der Waals surface area contributed by atoms with Crippen molar-refractivity contribution in [3.63, 3.8) is 0 Å². The number of aromatic nitrogens is 2. The van der Waals surface area contributed by atoms with E-state index >= 15 is 0 Å². The lowest BCUT2D eigenvalue weighted by Gasteiger charge is -2.34. The summed E-state index contributed by atoms with van der Waals surface area (Å²) in [5.74, 6) is 0.116. The maximum absolute atomic E-state index is 12.5. The Balaban J connectivity index is 2.28. The lowest BCUT2D eigenvalue weighted by molar-refractivity contribution is 0.199. The van der Waals surface area contributed by atoms with Crippen LogP contribution in [0, 0.1) is 0 Å². The number of carbonyl (C=O) groups excluding carboxylic acids is 1. The minimum absolute atomic E-state index is 0.0299. The Hall–Kier alpha value is -2.14. The van der Waals surface area contributed by atoms with Crippen molar-refractivity contribution in [2.75, 3.05) is 4.90 Å². The van der Waals surface area contributed by atoms with Crippen LogP contribution in [0.2, 0.25) is 5.28 Å². The van der Waals surface area contributed by atoms with Crippen molar-refractivity contribution in [3.05, 3.63) is 47.9 Å². The van der Waals surface area contributed by atoms with Gasteiger partial charge in [-0.2, -0.15) is 4.98 Å². The van der Waals surface area contributed by atoms with Crippen LogP contribution in [-0.2, 0) is 0 Å². The van der Waals surface area contributed by atoms with Crippen LogP contribution < -0.4 is 9.64 Å². The first kappa shape index (κ1) is 15.3. The second-order valence-corrected chi connectivity index (χ2v) is 5.71. The van der Waals surface area contributed by atoms with E-state index in [2.05, 4.69) is 9.97 Å². The maximum atomic E-state index is 12.5. The summed E-state index contributed by atoms with van der Waals surface area (Å²) in [6, 6.07) is 10.8. The van der Waals surface area contributed by atoms with Crippen molar-refractivity contribution in [2.45, 2.75) is 26.3 Å². The first-order valence-corrected chi connectivity index (χ1v) is 6.81. The highest BCUT2D eigenvalue weighted by Gasteiger charge is 2.30. The monoisotopic (exact) mass is 305 g/mol. The van der Waals surface area contributed by atoms with E-state index in [-0.39, 0.29) is 11.2 Å². The van der Waals surface area contributed by atoms with E-state index in [1.807, 2.05) is 51.1 Å². The van der Waals surface area contributed by atoms with Gasteiger partial charge < -0.3 is 4.74 Å². The van der Waals surface area contributed by atoms with Crippen LogP contribution in [0.5, 0.6) is 5.88 Å². The zero-order valence-corrected chi connectivity index (χ0v) is 12.8. The number of hydrogen-bond donors (Lipinski definition) is 0. The average Bonchev–Trinajstić information content (AvgIpc) is 2.38. The molecular formula is C15H16ClN3O2. The molecule has 0 spiro atoms. The van der Waals surface area contributed by atoms with Crippen LogP contribution in [0.15, 0.2) is 42.6 Å². The number of ether oxygens (including phenoxy) is 1. The van der Waals surface area contributed by atoms with Gasteiger partial charge in [-0.25, -0.2) is 9.78 Å². The van der Waals surface area contributed by atoms with Crippen LogP contribution in [0.1, 0.15) is 20.8 Å². The van der Waals surface area contributed by atoms with Crippen LogP contribution in [0.3, 0.4) is 0 Å². The summed E-state index contributed by atoms with van der Waals surface area (Å²) < 4.78 is 5.29. The summed E-state index contributed by atoms with van der Waals surface area (Å²) in [6.07, 6.45) is 0.908. The third-order valence-corrected chi connectivity index (χ3v) is 2.84. The quantitative estimate of drug-likeness (QED) is 0.789. The van der Waals surface area contributed by atoms with E-state index in [0.717, 1.165) is 5.69 Å². The van der Waals surface area contributed by atoms with Gasteiger partial charge in [0.2, 0.25) is 11.2 Å². The van der Waals surface area contributed by atoms with E-state index in [1.165, 1.54) is 12.3 Å². The fourth-order valence-electron chi connectivity index (χ4n) is 1.86. The standard InChI is InChI=1S/C15H16ClN3O2/c1-15(2,3)19(11-7-5-4-6-8-11)14(20)21-12-9-10-17-13(16)18-12/h4-10H,1-3H3. The molecule has 1 amide bonds. The van der Waals surface area contributed by atoms with Gasteiger partial charge in [0.1, 0.15) is 0 Å². The molecule has 0 N–H and O–H groups in total. The van der Waals surface area contributed by atoms with E-state index in [1.54, 1.807) is 4.90 Å². The summed E-state index contributed by atoms with van der Waals surface area (Å²) in [4.78, 5) is 21.6. The number of carbonyl (C=O) groups is 1. The van der Waals surface area contributed by atoms with Gasteiger partial charge in [0, 0.05) is 23.5 Å². The molecule has 0 radical (unpaired) electrons. The number of para-hydroxylation sites is 1. The van der Waals surface area contributed by atoms with Crippen LogP contribution in [-0.4, -0.2) is 21.6 Å². The summed E-state index contributed by atoms with van der Waals surface area (Å²) in [5.41, 5.74) is 0.296. The fraction of sp³-hybridized carbons (Fsp3) is 0.267. The van der Waals surface area contributed by atoms with Crippen molar-refractivity contribution < 1.29 is 9.53 Å². The zero-order chi connectivity index (χ0) is 15.5. The predicted octanol–water partition coefficient (Wildman–Crippen LogP) is 3.93. The largest absolute Gasteiger partial charge is 0.421 e. The molecule has 0 saturated carbocycles. The highest BCUT2D eigenvalue weighted by molar-refractivity contribution is 6.28. The minimum atomic E-state index is -0.525. The van der Waals surface area contributed by atoms with Gasteiger partial charge >= 0.3 is 6.09 Å². The molecule has 110 valence electrons. The molecule has 0 aliphatic carbocycles. The summed E-state index contributed by atoms with van der Waals surface area (Å²) in [6.45, 7) is 5.77. The molecule has 0 aliphatic heterocycles. The van der Waals surface area contributed by atoms with Crippen molar-refractivity contribution in [1.29, 1.82) is 0 Å². The number of nitrogens with zero attached hydrogens (tertiary/aromatic N) is 3. The summed E-state index contributed by atoms with van der Waals surface area (Å²) >= 11 is 5.69. The Morgan fingerprint density at radius 3 is 2.43 bits per heavy atom. The Morgan fingerprint density at radius 1 is 1.19 bits per heavy atom. The molecule has 0 bridgehead atoms. The minimum Gasteiger partial charge on any atom is -0.391 e. The van der Waals surface area contributed by atoms with E-state index in [0.29, 0.717) is 0 Å². The number of anilines is 1. The van der Waals surface area contributed by atoms with Gasteiger partial charge in [0.05, 0.1) is 0 Å².